The SMILES string of the molecule is Cn1c(=O)n(C2CCC(=O)NC2=O)c2cccc(CCOCCOCCOCCN3CCN(c4ccc(-n5ccnc5-c5ccc(-c6ccc(C#N)cc6)o5)cc4Cl)CC3)c21. The van der Waals surface area contributed by atoms with E-state index in [9.17, 15) is 14.4 Å². The summed E-state index contributed by atoms with van der Waals surface area (Å²) in [4.78, 5) is 46.6. The molecule has 61 heavy (non-hydrogen) atoms. The van der Waals surface area contributed by atoms with Crippen LogP contribution in [0.1, 0.15) is 30.0 Å². The number of para-hydroxylation sites is 1. The second-order valence-electron chi connectivity index (χ2n) is 15.0. The Morgan fingerprint density at radius 1 is 0.885 bits per heavy atom. The number of hydrogen-bond donors (Lipinski definition) is 1. The van der Waals surface area contributed by atoms with E-state index in [2.05, 4.69) is 32.2 Å². The van der Waals surface area contributed by atoms with Crippen LogP contribution in [0, 0.1) is 11.3 Å². The molecule has 6 aromatic rings. The van der Waals surface area contributed by atoms with E-state index in [0.717, 1.165) is 60.7 Å². The topological polar surface area (TPSA) is 162 Å². The first-order chi connectivity index (χ1) is 29.8. The molecule has 15 nitrogen and oxygen atoms in total. The van der Waals surface area contributed by atoms with Gasteiger partial charge in [-0.2, -0.15) is 5.26 Å². The van der Waals surface area contributed by atoms with Crippen LogP contribution in [-0.2, 0) is 37.3 Å². The summed E-state index contributed by atoms with van der Waals surface area (Å²) >= 11 is 6.88. The summed E-state index contributed by atoms with van der Waals surface area (Å²) in [6, 6.07) is 24.2. The number of nitriles is 1. The van der Waals surface area contributed by atoms with Gasteiger partial charge in [0.25, 0.3) is 0 Å². The zero-order valence-electron chi connectivity index (χ0n) is 33.9. The number of rotatable bonds is 17. The Bertz CT molecular complexity index is 2600. The normalized spacial score (nSPS) is 16.0. The molecule has 2 fully saturated rings. The smallest absolute Gasteiger partial charge is 0.329 e. The molecule has 2 aliphatic heterocycles. The maximum absolute atomic E-state index is 13.2. The number of furan rings is 1. The Hall–Kier alpha value is -6.02. The van der Waals surface area contributed by atoms with Gasteiger partial charge in [0.2, 0.25) is 11.8 Å². The first-order valence-electron chi connectivity index (χ1n) is 20.5. The van der Waals surface area contributed by atoms with Gasteiger partial charge in [0.1, 0.15) is 11.8 Å². The van der Waals surface area contributed by atoms with Crippen LogP contribution in [0.5, 0.6) is 0 Å². The summed E-state index contributed by atoms with van der Waals surface area (Å²) in [6.07, 6.45) is 4.71. The van der Waals surface area contributed by atoms with Crippen LogP contribution in [0.25, 0.3) is 39.6 Å². The average molecular weight is 847 g/mol. The van der Waals surface area contributed by atoms with E-state index >= 15 is 0 Å². The lowest BCUT2D eigenvalue weighted by atomic mass is 10.1. The minimum absolute atomic E-state index is 0.200. The molecule has 5 heterocycles. The van der Waals surface area contributed by atoms with Gasteiger partial charge in [-0.3, -0.25) is 33.5 Å². The highest BCUT2D eigenvalue weighted by atomic mass is 35.5. The number of imidazole rings is 2. The molecule has 0 saturated carbocycles. The molecule has 16 heteroatoms. The fraction of sp³-hybridized carbons (Fsp3) is 0.356. The van der Waals surface area contributed by atoms with Gasteiger partial charge in [0, 0.05) is 69.8 Å². The average Bonchev–Trinajstić information content (AvgIpc) is 4.02. The molecule has 3 aromatic heterocycles. The summed E-state index contributed by atoms with van der Waals surface area (Å²) in [5.41, 5.74) is 5.45. The lowest BCUT2D eigenvalue weighted by Crippen LogP contribution is -2.47. The maximum atomic E-state index is 13.2. The molecule has 2 amide bonds. The molecule has 0 bridgehead atoms. The highest BCUT2D eigenvalue weighted by Gasteiger charge is 2.31. The number of anilines is 1. The van der Waals surface area contributed by atoms with Crippen molar-refractivity contribution in [1.82, 2.24) is 28.9 Å². The molecule has 0 aliphatic carbocycles. The predicted molar refractivity (Wildman–Crippen MR) is 230 cm³/mol. The third kappa shape index (κ3) is 9.34. The van der Waals surface area contributed by atoms with Crippen molar-refractivity contribution >= 4 is 40.1 Å². The standard InChI is InChI=1S/C45H47ClN8O7/c1-50-42-33(3-2-4-37(42)54(45(50)57)38-11-14-41(55)49-44(38)56)15-23-58-25-27-60-28-26-59-24-22-51-18-20-52(21-19-51)36-10-9-34(29-35(36)46)53-17-16-48-43(53)40-13-12-39(61-40)32-7-5-31(30-47)6-8-32/h2-10,12-13,16-17,29,38H,11,14-15,18-28H2,1H3,(H,49,55,56). The van der Waals surface area contributed by atoms with Crippen molar-refractivity contribution in [3.8, 4) is 34.7 Å². The number of carbonyl (C=O) groups is 2. The van der Waals surface area contributed by atoms with Crippen molar-refractivity contribution < 1.29 is 28.2 Å². The third-order valence-electron chi connectivity index (χ3n) is 11.2. The first-order valence-corrected chi connectivity index (χ1v) is 20.8. The van der Waals surface area contributed by atoms with Crippen LogP contribution >= 0.6 is 11.6 Å². The predicted octanol–water partition coefficient (Wildman–Crippen LogP) is 5.37. The Kier molecular flexibility index (Phi) is 13.1. The van der Waals surface area contributed by atoms with E-state index in [1.54, 1.807) is 29.9 Å². The number of amides is 2. The number of nitrogens with one attached hydrogen (secondary N) is 1. The van der Waals surface area contributed by atoms with Gasteiger partial charge >= 0.3 is 5.69 Å². The van der Waals surface area contributed by atoms with E-state index in [0.29, 0.717) is 85.9 Å². The molecule has 3 aromatic carbocycles. The Morgan fingerprint density at radius 2 is 1.62 bits per heavy atom. The van der Waals surface area contributed by atoms with Gasteiger partial charge in [-0.05, 0) is 79.1 Å². The first kappa shape index (κ1) is 41.7. The van der Waals surface area contributed by atoms with Crippen LogP contribution in [0.4, 0.5) is 5.69 Å². The summed E-state index contributed by atoms with van der Waals surface area (Å²) in [5.74, 6) is 1.22. The van der Waals surface area contributed by atoms with Gasteiger partial charge in [-0.15, -0.1) is 0 Å². The van der Waals surface area contributed by atoms with Gasteiger partial charge in [0.15, 0.2) is 11.6 Å². The number of ether oxygens (including phenoxy) is 3. The van der Waals surface area contributed by atoms with E-state index in [1.165, 1.54) is 4.57 Å². The zero-order valence-corrected chi connectivity index (χ0v) is 34.7. The summed E-state index contributed by atoms with van der Waals surface area (Å²) in [5, 5.41) is 12.1. The molecule has 2 aliphatic rings. The molecule has 1 N–H and O–H groups in total. The number of piperazine rings is 1. The Balaban J connectivity index is 0.714. The van der Waals surface area contributed by atoms with Crippen LogP contribution in [-0.4, -0.2) is 108 Å². The lowest BCUT2D eigenvalue weighted by molar-refractivity contribution is -0.135. The fourth-order valence-corrected chi connectivity index (χ4v) is 8.29. The molecule has 316 valence electrons. The van der Waals surface area contributed by atoms with Crippen LogP contribution in [0.15, 0.2) is 94.4 Å². The number of piperidine rings is 1. The van der Waals surface area contributed by atoms with E-state index in [4.69, 9.17) is 35.5 Å². The molecule has 0 radical (unpaired) electrons. The quantitative estimate of drug-likeness (QED) is 0.0929. The number of imide groups is 1. The van der Waals surface area contributed by atoms with Crippen molar-refractivity contribution in [3.63, 3.8) is 0 Å². The Labute approximate surface area is 357 Å². The van der Waals surface area contributed by atoms with Crippen molar-refractivity contribution in [2.24, 2.45) is 7.05 Å². The van der Waals surface area contributed by atoms with Crippen LogP contribution in [0.2, 0.25) is 5.02 Å². The number of aryl methyl sites for hydroxylation is 1. The highest BCUT2D eigenvalue weighted by molar-refractivity contribution is 6.33. The molecule has 8 rings (SSSR count). The second-order valence-corrected chi connectivity index (χ2v) is 15.4. The van der Waals surface area contributed by atoms with Crippen molar-refractivity contribution in [2.45, 2.75) is 25.3 Å². The van der Waals surface area contributed by atoms with Crippen molar-refractivity contribution in [1.29, 1.82) is 5.26 Å². The van der Waals surface area contributed by atoms with Crippen molar-refractivity contribution in [2.75, 3.05) is 77.3 Å². The second kappa shape index (κ2) is 19.1. The van der Waals surface area contributed by atoms with Gasteiger partial charge in [-0.25, -0.2) is 9.78 Å². The minimum Gasteiger partial charge on any atom is -0.453 e. The zero-order chi connectivity index (χ0) is 42.3. The van der Waals surface area contributed by atoms with Crippen LogP contribution < -0.4 is 15.9 Å². The fourth-order valence-electron chi connectivity index (χ4n) is 8.00. The van der Waals surface area contributed by atoms with E-state index < -0.39 is 11.9 Å². The van der Waals surface area contributed by atoms with Gasteiger partial charge < -0.3 is 23.5 Å². The van der Waals surface area contributed by atoms with Gasteiger partial charge in [-0.1, -0.05) is 23.7 Å². The molecule has 1 atom stereocenters. The number of nitrogens with zero attached hydrogens (tertiary/aromatic N) is 7. The largest absolute Gasteiger partial charge is 0.453 e. The van der Waals surface area contributed by atoms with Gasteiger partial charge in [0.05, 0.1) is 73.0 Å². The monoisotopic (exact) mass is 846 g/mol. The number of aromatic nitrogens is 4. The number of benzene rings is 3. The highest BCUT2D eigenvalue weighted by Crippen LogP contribution is 2.33. The van der Waals surface area contributed by atoms with Crippen LogP contribution in [0.3, 0.4) is 0 Å². The molecule has 1 unspecified atom stereocenters. The Morgan fingerprint density at radius 3 is 2.36 bits per heavy atom. The summed E-state index contributed by atoms with van der Waals surface area (Å²) in [7, 11) is 1.70. The van der Waals surface area contributed by atoms with E-state index in [-0.39, 0.29) is 18.0 Å². The summed E-state index contributed by atoms with van der Waals surface area (Å²) < 4.78 is 28.6. The molecular formula is C45H47ClN8O7. The van der Waals surface area contributed by atoms with Crippen molar-refractivity contribution in [3.05, 3.63) is 112 Å². The molecule has 0 spiro atoms. The number of carbonyl (C=O) groups excluding carboxylic acids is 2. The lowest BCUT2D eigenvalue weighted by Gasteiger charge is -2.36. The summed E-state index contributed by atoms with van der Waals surface area (Å²) in [6.45, 7) is 7.26. The minimum atomic E-state index is -0.716. The maximum Gasteiger partial charge on any atom is 0.329 e. The number of halogens is 1. The van der Waals surface area contributed by atoms with E-state index in [1.807, 2.05) is 65.4 Å². The molecule has 2 saturated heterocycles. The molecular weight excluding hydrogens is 800 g/mol. The number of fused-ring (bicyclic) bond motifs is 1. The number of hydrogen-bond acceptors (Lipinski definition) is 11. The third-order valence-corrected chi connectivity index (χ3v) is 11.5.